The van der Waals surface area contributed by atoms with Crippen molar-refractivity contribution in [2.24, 2.45) is 5.73 Å². The number of rotatable bonds is 4. The van der Waals surface area contributed by atoms with Crippen molar-refractivity contribution in [2.75, 3.05) is 17.2 Å². The number of alkyl halides is 6. The molecule has 128 valence electrons. The van der Waals surface area contributed by atoms with Crippen LogP contribution in [0.4, 0.5) is 37.7 Å². The molecule has 1 aromatic carbocycles. The van der Waals surface area contributed by atoms with Gasteiger partial charge in [0.15, 0.2) is 0 Å². The molecule has 0 spiro atoms. The second kappa shape index (κ2) is 6.86. The normalized spacial score (nSPS) is 12.0. The topological polar surface area (TPSA) is 84.2 Å². The Morgan fingerprint density at radius 1 is 0.913 bits per heavy atom. The number of nitrogens with two attached hydrogens (primary N) is 1. The van der Waals surface area contributed by atoms with Gasteiger partial charge in [-0.05, 0) is 30.7 Å². The molecule has 0 aromatic heterocycles. The van der Waals surface area contributed by atoms with Crippen LogP contribution in [0.25, 0.3) is 0 Å². The van der Waals surface area contributed by atoms with Crippen molar-refractivity contribution in [3.8, 4) is 0 Å². The minimum absolute atomic E-state index is 0.126. The lowest BCUT2D eigenvalue weighted by molar-refractivity contribution is -0.167. The molecule has 5 nitrogen and oxygen atoms in total. The monoisotopic (exact) mass is 343 g/mol. The zero-order valence-corrected chi connectivity index (χ0v) is 11.3. The largest absolute Gasteiger partial charge is 0.471 e. The number of hydrogen-bond donors (Lipinski definition) is 3. The van der Waals surface area contributed by atoms with Crippen LogP contribution in [0.5, 0.6) is 0 Å². The predicted octanol–water partition coefficient (Wildman–Crippen LogP) is 2.19. The summed E-state index contributed by atoms with van der Waals surface area (Å²) in [5.74, 6) is -4.77. The zero-order valence-electron chi connectivity index (χ0n) is 11.3. The van der Waals surface area contributed by atoms with Gasteiger partial charge in [-0.15, -0.1) is 0 Å². The summed E-state index contributed by atoms with van der Waals surface area (Å²) in [4.78, 5) is 21.8. The minimum atomic E-state index is -5.24. The van der Waals surface area contributed by atoms with Crippen LogP contribution in [0.3, 0.4) is 0 Å². The second-order valence-corrected chi connectivity index (χ2v) is 4.32. The number of nitrogens with one attached hydrogen (secondary N) is 2. The van der Waals surface area contributed by atoms with Crippen molar-refractivity contribution in [3.05, 3.63) is 23.8 Å². The van der Waals surface area contributed by atoms with Crippen molar-refractivity contribution < 1.29 is 35.9 Å². The van der Waals surface area contributed by atoms with E-state index < -0.39 is 35.5 Å². The van der Waals surface area contributed by atoms with Crippen LogP contribution in [0.1, 0.15) is 5.56 Å². The number of amides is 2. The van der Waals surface area contributed by atoms with Gasteiger partial charge in [0.1, 0.15) is 0 Å². The lowest BCUT2D eigenvalue weighted by Crippen LogP contribution is -2.32. The first-order valence-electron chi connectivity index (χ1n) is 6.04. The summed E-state index contributed by atoms with van der Waals surface area (Å²) in [7, 11) is 0. The zero-order chi connectivity index (χ0) is 17.8. The first-order chi connectivity index (χ1) is 10.4. The standard InChI is InChI=1S/C12H11F6N3O2/c13-11(14,15)9(22)20-7-2-1-6(3-4-19)5-8(7)21-10(23)12(16,17)18/h1-2,5H,3-4,19H2,(H,20,22)(H,21,23). The van der Waals surface area contributed by atoms with Crippen molar-refractivity contribution >= 4 is 23.2 Å². The van der Waals surface area contributed by atoms with Gasteiger partial charge in [-0.25, -0.2) is 0 Å². The van der Waals surface area contributed by atoms with Crippen LogP contribution < -0.4 is 16.4 Å². The van der Waals surface area contributed by atoms with E-state index in [2.05, 4.69) is 0 Å². The maximum Gasteiger partial charge on any atom is 0.471 e. The molecule has 1 rings (SSSR count). The third-order valence-electron chi connectivity index (χ3n) is 2.53. The van der Waals surface area contributed by atoms with Gasteiger partial charge in [0.2, 0.25) is 0 Å². The van der Waals surface area contributed by atoms with Crippen LogP contribution >= 0.6 is 0 Å². The van der Waals surface area contributed by atoms with Gasteiger partial charge < -0.3 is 16.4 Å². The molecule has 0 saturated heterocycles. The SMILES string of the molecule is NCCc1ccc(NC(=O)C(F)(F)F)c(NC(=O)C(F)(F)F)c1. The number of anilines is 2. The molecule has 23 heavy (non-hydrogen) atoms. The van der Waals surface area contributed by atoms with E-state index in [4.69, 9.17) is 5.73 Å². The van der Waals surface area contributed by atoms with Crippen molar-refractivity contribution in [3.63, 3.8) is 0 Å². The summed E-state index contributed by atoms with van der Waals surface area (Å²) in [6.07, 6.45) is -10.3. The lowest BCUT2D eigenvalue weighted by atomic mass is 10.1. The fourth-order valence-electron chi connectivity index (χ4n) is 1.51. The van der Waals surface area contributed by atoms with Crippen LogP contribution in [-0.4, -0.2) is 30.7 Å². The molecule has 1 aromatic rings. The van der Waals surface area contributed by atoms with Gasteiger partial charge in [0.05, 0.1) is 11.4 Å². The molecule has 0 atom stereocenters. The van der Waals surface area contributed by atoms with Crippen LogP contribution in [0.2, 0.25) is 0 Å². The Morgan fingerprint density at radius 3 is 1.83 bits per heavy atom. The molecular weight excluding hydrogens is 332 g/mol. The number of hydrogen-bond acceptors (Lipinski definition) is 3. The first-order valence-corrected chi connectivity index (χ1v) is 6.04. The maximum absolute atomic E-state index is 12.3. The lowest BCUT2D eigenvalue weighted by Gasteiger charge is -2.15. The maximum atomic E-state index is 12.3. The van der Waals surface area contributed by atoms with Gasteiger partial charge in [0, 0.05) is 0 Å². The van der Waals surface area contributed by atoms with E-state index in [0.717, 1.165) is 12.1 Å². The molecule has 0 aliphatic heterocycles. The first kappa shape index (κ1) is 18.7. The highest BCUT2D eigenvalue weighted by molar-refractivity contribution is 6.02. The molecule has 0 aliphatic rings. The highest BCUT2D eigenvalue weighted by Gasteiger charge is 2.40. The molecular formula is C12H11F6N3O2. The number of benzene rings is 1. The smallest absolute Gasteiger partial charge is 0.330 e. The third-order valence-corrected chi connectivity index (χ3v) is 2.53. The molecule has 0 saturated carbocycles. The fraction of sp³-hybridized carbons (Fsp3) is 0.333. The summed E-state index contributed by atoms with van der Waals surface area (Å²) < 4.78 is 73.5. The highest BCUT2D eigenvalue weighted by Crippen LogP contribution is 2.28. The van der Waals surface area contributed by atoms with E-state index in [0.29, 0.717) is 5.56 Å². The molecule has 0 aliphatic carbocycles. The molecule has 0 heterocycles. The molecule has 11 heteroatoms. The molecule has 0 fully saturated rings. The average molecular weight is 343 g/mol. The van der Waals surface area contributed by atoms with Gasteiger partial charge in [-0.1, -0.05) is 6.07 Å². The van der Waals surface area contributed by atoms with E-state index in [1.807, 2.05) is 0 Å². The average Bonchev–Trinajstić information content (AvgIpc) is 2.39. The van der Waals surface area contributed by atoms with Crippen LogP contribution in [-0.2, 0) is 16.0 Å². The molecule has 0 unspecified atom stereocenters. The number of carbonyl (C=O) groups excluding carboxylic acids is 2. The Hall–Kier alpha value is -2.30. The van der Waals surface area contributed by atoms with Gasteiger partial charge in [0.25, 0.3) is 0 Å². The van der Waals surface area contributed by atoms with E-state index in [1.165, 1.54) is 16.7 Å². The number of halogens is 6. The van der Waals surface area contributed by atoms with E-state index in [1.54, 1.807) is 0 Å². The minimum Gasteiger partial charge on any atom is -0.330 e. The Bertz CT molecular complexity index is 597. The summed E-state index contributed by atoms with van der Waals surface area (Å²) in [6, 6.07) is 3.21. The van der Waals surface area contributed by atoms with Crippen molar-refractivity contribution in [2.45, 2.75) is 18.8 Å². The summed E-state index contributed by atoms with van der Waals surface area (Å²) >= 11 is 0. The van der Waals surface area contributed by atoms with Crippen molar-refractivity contribution in [1.82, 2.24) is 0 Å². The van der Waals surface area contributed by atoms with E-state index >= 15 is 0 Å². The summed E-state index contributed by atoms with van der Waals surface area (Å²) in [5.41, 5.74) is 4.41. The van der Waals surface area contributed by atoms with E-state index in [-0.39, 0.29) is 13.0 Å². The summed E-state index contributed by atoms with van der Waals surface area (Å²) in [5, 5.41) is 2.82. The Kier molecular flexibility index (Phi) is 5.59. The molecule has 4 N–H and O–H groups in total. The Labute approximate surface area is 125 Å². The van der Waals surface area contributed by atoms with Crippen LogP contribution in [0.15, 0.2) is 18.2 Å². The third kappa shape index (κ3) is 5.43. The van der Waals surface area contributed by atoms with Gasteiger partial charge >= 0.3 is 24.2 Å². The molecule has 2 amide bonds. The molecule has 0 radical (unpaired) electrons. The quantitative estimate of drug-likeness (QED) is 0.733. The van der Waals surface area contributed by atoms with E-state index in [9.17, 15) is 35.9 Å². The molecule has 0 bridgehead atoms. The second-order valence-electron chi connectivity index (χ2n) is 4.32. The Morgan fingerprint density at radius 2 is 1.39 bits per heavy atom. The summed E-state index contributed by atoms with van der Waals surface area (Å²) in [6.45, 7) is 0.126. The fourth-order valence-corrected chi connectivity index (χ4v) is 1.51. The van der Waals surface area contributed by atoms with Gasteiger partial charge in [-0.3, -0.25) is 9.59 Å². The predicted molar refractivity (Wildman–Crippen MR) is 68.6 cm³/mol. The van der Waals surface area contributed by atoms with Crippen LogP contribution in [0, 0.1) is 0 Å². The Balaban J connectivity index is 3.14. The highest BCUT2D eigenvalue weighted by atomic mass is 19.4. The van der Waals surface area contributed by atoms with Crippen molar-refractivity contribution in [1.29, 1.82) is 0 Å². The van der Waals surface area contributed by atoms with Gasteiger partial charge in [-0.2, -0.15) is 26.3 Å². The number of carbonyl (C=O) groups is 2.